The third-order valence-corrected chi connectivity index (χ3v) is 4.24. The van der Waals surface area contributed by atoms with E-state index in [0.717, 1.165) is 15.9 Å². The van der Waals surface area contributed by atoms with Crippen LogP contribution in [0.1, 0.15) is 10.4 Å². The molecule has 2 aliphatic heterocycles. The molecule has 7 nitrogen and oxygen atoms in total. The molecule has 0 radical (unpaired) electrons. The first kappa shape index (κ1) is 16.2. The van der Waals surface area contributed by atoms with E-state index in [1.807, 2.05) is 18.2 Å². The molecule has 3 N–H and O–H groups in total. The number of hydrogen-bond donors (Lipinski definition) is 3. The summed E-state index contributed by atoms with van der Waals surface area (Å²) in [5.74, 6) is 0.380. The van der Waals surface area contributed by atoms with Gasteiger partial charge in [0.1, 0.15) is 17.7 Å². The Morgan fingerprint density at radius 3 is 2.88 bits per heavy atom. The number of anilines is 1. The summed E-state index contributed by atoms with van der Waals surface area (Å²) >= 11 is 3.36. The Kier molecular flexibility index (Phi) is 4.32. The van der Waals surface area contributed by atoms with Crippen molar-refractivity contribution in [1.29, 1.82) is 0 Å². The maximum Gasteiger partial charge on any atom is 0.255 e. The zero-order chi connectivity index (χ0) is 17.9. The van der Waals surface area contributed by atoms with Gasteiger partial charge in [-0.3, -0.25) is 10.2 Å². The lowest BCUT2D eigenvalue weighted by molar-refractivity contribution is 0.0646. The van der Waals surface area contributed by atoms with Crippen LogP contribution < -0.4 is 21.0 Å². The van der Waals surface area contributed by atoms with Crippen molar-refractivity contribution in [3.8, 4) is 5.75 Å². The maximum atomic E-state index is 12.3. The van der Waals surface area contributed by atoms with E-state index in [9.17, 15) is 4.79 Å². The molecule has 2 heterocycles. The molecule has 0 fully saturated rings. The number of fused-ring (bicyclic) bond motifs is 1. The molecule has 2 aromatic carbocycles. The fraction of sp³-hybridized carbons (Fsp3) is 0. The molecule has 2 aromatic rings. The summed E-state index contributed by atoms with van der Waals surface area (Å²) < 4.78 is 0.922. The SMILES string of the molecule is O=C(Nc1cccc(ON2C=NC=C3NNC=C32)c1)c1ccc(Br)cc1. The van der Waals surface area contributed by atoms with E-state index in [-0.39, 0.29) is 5.91 Å². The summed E-state index contributed by atoms with van der Waals surface area (Å²) in [7, 11) is 0. The number of benzene rings is 2. The lowest BCUT2D eigenvalue weighted by Crippen LogP contribution is -2.29. The normalized spacial score (nSPS) is 14.6. The van der Waals surface area contributed by atoms with Crippen LogP contribution in [-0.4, -0.2) is 17.3 Å². The molecule has 0 saturated carbocycles. The molecule has 0 unspecified atom stereocenters. The molecule has 8 heteroatoms. The second-order valence-electron chi connectivity index (χ2n) is 5.51. The monoisotopic (exact) mass is 411 g/mol. The second-order valence-corrected chi connectivity index (χ2v) is 6.43. The number of nitrogens with zero attached hydrogens (tertiary/aromatic N) is 2. The number of carbonyl (C=O) groups is 1. The highest BCUT2D eigenvalue weighted by atomic mass is 79.9. The number of nitrogens with one attached hydrogen (secondary N) is 3. The standard InChI is InChI=1S/C18H14BrN5O2/c19-13-6-4-12(5-7-13)18(25)22-14-2-1-3-15(8-14)26-24-11-20-9-16-17(24)10-21-23-16/h1-11,21,23H,(H,22,25). The maximum absolute atomic E-state index is 12.3. The van der Waals surface area contributed by atoms with Gasteiger partial charge in [-0.25, -0.2) is 4.99 Å². The van der Waals surface area contributed by atoms with Gasteiger partial charge in [0.05, 0.1) is 6.20 Å². The van der Waals surface area contributed by atoms with E-state index in [4.69, 9.17) is 4.84 Å². The zero-order valence-electron chi connectivity index (χ0n) is 13.4. The molecule has 0 atom stereocenters. The number of carbonyl (C=O) groups excluding carboxylic acids is 1. The Bertz CT molecular complexity index is 937. The summed E-state index contributed by atoms with van der Waals surface area (Å²) in [5, 5.41) is 4.40. The minimum Gasteiger partial charge on any atom is -0.374 e. The predicted octanol–water partition coefficient (Wildman–Crippen LogP) is 3.13. The third-order valence-electron chi connectivity index (χ3n) is 3.71. The van der Waals surface area contributed by atoms with E-state index < -0.39 is 0 Å². The number of hydrazine groups is 1. The molecule has 4 rings (SSSR count). The van der Waals surface area contributed by atoms with Gasteiger partial charge < -0.3 is 15.6 Å². The lowest BCUT2D eigenvalue weighted by atomic mass is 10.2. The summed E-state index contributed by atoms with van der Waals surface area (Å²) in [6.45, 7) is 0. The number of halogens is 1. The summed E-state index contributed by atoms with van der Waals surface area (Å²) in [4.78, 5) is 22.3. The van der Waals surface area contributed by atoms with Crippen LogP contribution in [0, 0.1) is 0 Å². The Morgan fingerprint density at radius 1 is 1.19 bits per heavy atom. The fourth-order valence-electron chi connectivity index (χ4n) is 2.46. The lowest BCUT2D eigenvalue weighted by Gasteiger charge is -2.22. The summed E-state index contributed by atoms with van der Waals surface area (Å²) in [6, 6.07) is 14.3. The molecule has 130 valence electrons. The average Bonchev–Trinajstić information content (AvgIpc) is 3.12. The molecule has 26 heavy (non-hydrogen) atoms. The first-order valence-corrected chi connectivity index (χ1v) is 8.58. The van der Waals surface area contributed by atoms with Crippen LogP contribution in [0.15, 0.2) is 81.8 Å². The second kappa shape index (κ2) is 6.93. The number of rotatable bonds is 4. The molecule has 0 aromatic heterocycles. The molecule has 0 aliphatic carbocycles. The van der Waals surface area contributed by atoms with Gasteiger partial charge in [0.25, 0.3) is 5.91 Å². The molecule has 2 aliphatic rings. The highest BCUT2D eigenvalue weighted by molar-refractivity contribution is 9.10. The Morgan fingerprint density at radius 2 is 2.04 bits per heavy atom. The van der Waals surface area contributed by atoms with Gasteiger partial charge in [-0.1, -0.05) is 22.0 Å². The largest absolute Gasteiger partial charge is 0.374 e. The van der Waals surface area contributed by atoms with Crippen molar-refractivity contribution >= 4 is 33.9 Å². The molecule has 1 amide bonds. The van der Waals surface area contributed by atoms with Gasteiger partial charge in [-0.15, -0.1) is 0 Å². The molecule has 0 saturated heterocycles. The van der Waals surface area contributed by atoms with Crippen LogP contribution in [0.3, 0.4) is 0 Å². The van der Waals surface area contributed by atoms with Crippen molar-refractivity contribution in [3.63, 3.8) is 0 Å². The van der Waals surface area contributed by atoms with Crippen molar-refractivity contribution in [2.24, 2.45) is 4.99 Å². The highest BCUT2D eigenvalue weighted by Gasteiger charge is 2.21. The smallest absolute Gasteiger partial charge is 0.255 e. The Labute approximate surface area is 158 Å². The molecular formula is C18H14BrN5O2. The fourth-order valence-corrected chi connectivity index (χ4v) is 2.72. The minimum atomic E-state index is -0.189. The summed E-state index contributed by atoms with van der Waals surface area (Å²) in [6.07, 6.45) is 5.04. The van der Waals surface area contributed by atoms with Crippen LogP contribution in [0.5, 0.6) is 5.75 Å². The average molecular weight is 412 g/mol. The van der Waals surface area contributed by atoms with Gasteiger partial charge in [-0.2, -0.15) is 5.06 Å². The van der Waals surface area contributed by atoms with E-state index in [1.54, 1.807) is 49.1 Å². The van der Waals surface area contributed by atoms with Crippen LogP contribution in [0.2, 0.25) is 0 Å². The van der Waals surface area contributed by atoms with Gasteiger partial charge >= 0.3 is 0 Å². The highest BCUT2D eigenvalue weighted by Crippen LogP contribution is 2.24. The van der Waals surface area contributed by atoms with Crippen LogP contribution in [0.4, 0.5) is 5.69 Å². The predicted molar refractivity (Wildman–Crippen MR) is 102 cm³/mol. The topological polar surface area (TPSA) is 78.0 Å². The number of hydroxylamine groups is 2. The van der Waals surface area contributed by atoms with Crippen LogP contribution in [-0.2, 0) is 0 Å². The Hall–Kier alpha value is -3.26. The quantitative estimate of drug-likeness (QED) is 0.720. The van der Waals surface area contributed by atoms with Gasteiger partial charge in [0.15, 0.2) is 5.75 Å². The van der Waals surface area contributed by atoms with E-state index in [0.29, 0.717) is 17.0 Å². The third kappa shape index (κ3) is 3.40. The zero-order valence-corrected chi connectivity index (χ0v) is 15.0. The van der Waals surface area contributed by atoms with Gasteiger partial charge in [0.2, 0.25) is 0 Å². The summed E-state index contributed by atoms with van der Waals surface area (Å²) in [5.41, 5.74) is 8.69. The van der Waals surface area contributed by atoms with E-state index >= 15 is 0 Å². The Balaban J connectivity index is 1.47. The van der Waals surface area contributed by atoms with E-state index in [1.165, 1.54) is 5.06 Å². The van der Waals surface area contributed by atoms with Gasteiger partial charge in [-0.05, 0) is 36.4 Å². The molecule has 0 spiro atoms. The van der Waals surface area contributed by atoms with Crippen LogP contribution >= 0.6 is 15.9 Å². The van der Waals surface area contributed by atoms with Gasteiger partial charge in [0, 0.05) is 28.0 Å². The first-order valence-electron chi connectivity index (χ1n) is 7.79. The number of hydrogen-bond acceptors (Lipinski definition) is 6. The number of amides is 1. The van der Waals surface area contributed by atoms with Crippen molar-refractivity contribution < 1.29 is 9.63 Å². The van der Waals surface area contributed by atoms with Crippen molar-refractivity contribution in [2.45, 2.75) is 0 Å². The molecular weight excluding hydrogens is 398 g/mol. The minimum absolute atomic E-state index is 0.189. The van der Waals surface area contributed by atoms with Crippen molar-refractivity contribution in [2.75, 3.05) is 5.32 Å². The number of aliphatic imine (C=N–C) groups is 1. The van der Waals surface area contributed by atoms with Crippen molar-refractivity contribution in [1.82, 2.24) is 15.9 Å². The van der Waals surface area contributed by atoms with Crippen molar-refractivity contribution in [3.05, 3.63) is 82.4 Å². The first-order chi connectivity index (χ1) is 12.7. The molecule has 0 bridgehead atoms. The van der Waals surface area contributed by atoms with Crippen LogP contribution in [0.25, 0.3) is 0 Å². The van der Waals surface area contributed by atoms with E-state index in [2.05, 4.69) is 37.1 Å².